The van der Waals surface area contributed by atoms with Crippen LogP contribution in [0.25, 0.3) is 11.4 Å². The van der Waals surface area contributed by atoms with Crippen LogP contribution in [0.15, 0.2) is 47.2 Å². The van der Waals surface area contributed by atoms with Gasteiger partial charge in [0.15, 0.2) is 0 Å². The Morgan fingerprint density at radius 3 is 2.67 bits per heavy atom. The summed E-state index contributed by atoms with van der Waals surface area (Å²) < 4.78 is 12.8. The Morgan fingerprint density at radius 1 is 1.21 bits per heavy atom. The Balaban J connectivity index is 1.71. The van der Waals surface area contributed by atoms with E-state index in [2.05, 4.69) is 20.6 Å². The predicted octanol–water partition coefficient (Wildman–Crippen LogP) is 2.07. The molecule has 4 rings (SSSR count). The van der Waals surface area contributed by atoms with Crippen molar-refractivity contribution in [3.8, 4) is 17.1 Å². The molecule has 124 valence electrons. The molecule has 0 radical (unpaired) electrons. The topological polar surface area (TPSA) is 78.0 Å². The summed E-state index contributed by atoms with van der Waals surface area (Å²) in [6.07, 6.45) is 5.46. The number of benzene rings is 1. The molecule has 1 aromatic carbocycles. The summed E-state index contributed by atoms with van der Waals surface area (Å²) >= 11 is 0. The van der Waals surface area contributed by atoms with Crippen LogP contribution in [0.5, 0.6) is 5.75 Å². The fraction of sp³-hybridized carbons (Fsp3) is 0.353. The van der Waals surface area contributed by atoms with E-state index in [0.717, 1.165) is 37.2 Å². The number of ether oxygens (including phenoxy) is 1. The van der Waals surface area contributed by atoms with Gasteiger partial charge < -0.3 is 14.6 Å². The quantitative estimate of drug-likeness (QED) is 0.791. The van der Waals surface area contributed by atoms with Crippen molar-refractivity contribution in [2.24, 2.45) is 0 Å². The first-order valence-corrected chi connectivity index (χ1v) is 8.01. The first kappa shape index (κ1) is 14.9. The van der Waals surface area contributed by atoms with Gasteiger partial charge in [-0.25, -0.2) is 0 Å². The van der Waals surface area contributed by atoms with Crippen LogP contribution in [-0.4, -0.2) is 40.1 Å². The van der Waals surface area contributed by atoms with Gasteiger partial charge in [0.05, 0.1) is 7.11 Å². The summed E-state index contributed by atoms with van der Waals surface area (Å²) in [5.41, 5.74) is 0.516. The van der Waals surface area contributed by atoms with Gasteiger partial charge in [0.25, 0.3) is 5.89 Å². The zero-order chi connectivity index (χ0) is 16.4. The van der Waals surface area contributed by atoms with Crippen molar-refractivity contribution in [1.29, 1.82) is 0 Å². The van der Waals surface area contributed by atoms with Gasteiger partial charge >= 0.3 is 0 Å². The lowest BCUT2D eigenvalue weighted by Gasteiger charge is -2.34. The van der Waals surface area contributed by atoms with Crippen molar-refractivity contribution in [3.63, 3.8) is 0 Å². The van der Waals surface area contributed by atoms with Crippen LogP contribution in [-0.2, 0) is 5.54 Å². The molecule has 1 N–H and O–H groups in total. The average Bonchev–Trinajstić information content (AvgIpc) is 3.35. The summed E-state index contributed by atoms with van der Waals surface area (Å²) in [5.74, 6) is 1.99. The van der Waals surface area contributed by atoms with E-state index in [1.807, 2.05) is 41.2 Å². The fourth-order valence-corrected chi connectivity index (χ4v) is 3.17. The van der Waals surface area contributed by atoms with Crippen LogP contribution in [0.2, 0.25) is 0 Å². The van der Waals surface area contributed by atoms with Gasteiger partial charge in [-0.05, 0) is 56.3 Å². The Morgan fingerprint density at radius 2 is 2.00 bits per heavy atom. The van der Waals surface area contributed by atoms with Crippen LogP contribution in [0, 0.1) is 0 Å². The zero-order valence-corrected chi connectivity index (χ0v) is 13.5. The normalized spacial score (nSPS) is 16.9. The third kappa shape index (κ3) is 2.46. The second-order valence-corrected chi connectivity index (χ2v) is 5.88. The van der Waals surface area contributed by atoms with Crippen molar-refractivity contribution >= 4 is 0 Å². The second kappa shape index (κ2) is 6.09. The average molecular weight is 325 g/mol. The lowest BCUT2D eigenvalue weighted by atomic mass is 9.88. The smallest absolute Gasteiger partial charge is 0.255 e. The van der Waals surface area contributed by atoms with Gasteiger partial charge in [-0.1, -0.05) is 5.16 Å². The Labute approximate surface area is 139 Å². The van der Waals surface area contributed by atoms with Crippen LogP contribution < -0.4 is 10.1 Å². The van der Waals surface area contributed by atoms with Crippen LogP contribution in [0.4, 0.5) is 0 Å². The minimum Gasteiger partial charge on any atom is -0.497 e. The third-order valence-corrected chi connectivity index (χ3v) is 4.55. The molecule has 0 saturated carbocycles. The van der Waals surface area contributed by atoms with E-state index < -0.39 is 0 Å². The van der Waals surface area contributed by atoms with Crippen molar-refractivity contribution in [3.05, 3.63) is 48.6 Å². The minimum absolute atomic E-state index is 0.382. The highest BCUT2D eigenvalue weighted by Crippen LogP contribution is 2.34. The molecule has 0 bridgehead atoms. The highest BCUT2D eigenvalue weighted by molar-refractivity contribution is 5.55. The highest BCUT2D eigenvalue weighted by atomic mass is 16.5. The summed E-state index contributed by atoms with van der Waals surface area (Å²) in [4.78, 5) is 4.68. The van der Waals surface area contributed by atoms with E-state index in [1.165, 1.54) is 0 Å². The summed E-state index contributed by atoms with van der Waals surface area (Å²) in [7, 11) is 1.65. The number of methoxy groups -OCH3 is 1. The van der Waals surface area contributed by atoms with Gasteiger partial charge in [-0.3, -0.25) is 4.68 Å². The van der Waals surface area contributed by atoms with Crippen molar-refractivity contribution < 1.29 is 9.26 Å². The van der Waals surface area contributed by atoms with Gasteiger partial charge in [-0.2, -0.15) is 10.1 Å². The Kier molecular flexibility index (Phi) is 3.78. The first-order valence-electron chi connectivity index (χ1n) is 8.01. The molecule has 3 aromatic rings. The summed E-state index contributed by atoms with van der Waals surface area (Å²) in [5, 5.41) is 12.0. The molecule has 7 heteroatoms. The van der Waals surface area contributed by atoms with Crippen molar-refractivity contribution in [2.45, 2.75) is 18.4 Å². The van der Waals surface area contributed by atoms with E-state index in [1.54, 1.807) is 13.3 Å². The van der Waals surface area contributed by atoms with E-state index in [9.17, 15) is 0 Å². The van der Waals surface area contributed by atoms with Crippen LogP contribution >= 0.6 is 0 Å². The molecule has 1 aliphatic heterocycles. The van der Waals surface area contributed by atoms with E-state index in [-0.39, 0.29) is 5.54 Å². The SMILES string of the molecule is COc1ccc(-c2noc(C3(n4cccn4)CCNCC3)n2)cc1. The maximum atomic E-state index is 5.66. The number of nitrogens with one attached hydrogen (secondary N) is 1. The monoisotopic (exact) mass is 325 g/mol. The molecule has 1 fully saturated rings. The number of rotatable bonds is 4. The number of nitrogens with zero attached hydrogens (tertiary/aromatic N) is 4. The number of hydrogen-bond acceptors (Lipinski definition) is 6. The minimum atomic E-state index is -0.382. The predicted molar refractivity (Wildman–Crippen MR) is 87.7 cm³/mol. The van der Waals surface area contributed by atoms with Gasteiger partial charge in [0, 0.05) is 18.0 Å². The molecular formula is C17H19N5O2. The fourth-order valence-electron chi connectivity index (χ4n) is 3.17. The maximum absolute atomic E-state index is 5.66. The van der Waals surface area contributed by atoms with Crippen molar-refractivity contribution in [1.82, 2.24) is 25.2 Å². The molecule has 0 aliphatic carbocycles. The van der Waals surface area contributed by atoms with Gasteiger partial charge in [0.1, 0.15) is 11.3 Å². The van der Waals surface area contributed by atoms with Crippen molar-refractivity contribution in [2.75, 3.05) is 20.2 Å². The summed E-state index contributed by atoms with van der Waals surface area (Å²) in [6.45, 7) is 1.78. The molecule has 1 saturated heterocycles. The van der Waals surface area contributed by atoms with E-state index in [4.69, 9.17) is 9.26 Å². The van der Waals surface area contributed by atoms with Gasteiger partial charge in [-0.15, -0.1) is 0 Å². The van der Waals surface area contributed by atoms with E-state index >= 15 is 0 Å². The molecule has 0 atom stereocenters. The van der Waals surface area contributed by atoms with Crippen LogP contribution in [0.1, 0.15) is 18.7 Å². The third-order valence-electron chi connectivity index (χ3n) is 4.55. The first-order chi connectivity index (χ1) is 11.8. The molecule has 24 heavy (non-hydrogen) atoms. The lowest BCUT2D eigenvalue weighted by Crippen LogP contribution is -2.45. The Hall–Kier alpha value is -2.67. The maximum Gasteiger partial charge on any atom is 0.255 e. The zero-order valence-electron chi connectivity index (χ0n) is 13.5. The van der Waals surface area contributed by atoms with Crippen LogP contribution in [0.3, 0.4) is 0 Å². The highest BCUT2D eigenvalue weighted by Gasteiger charge is 2.41. The molecule has 3 heterocycles. The number of piperidine rings is 1. The van der Waals surface area contributed by atoms with E-state index in [0.29, 0.717) is 11.7 Å². The molecule has 0 spiro atoms. The van der Waals surface area contributed by atoms with Gasteiger partial charge in [0.2, 0.25) is 5.82 Å². The summed E-state index contributed by atoms with van der Waals surface area (Å²) in [6, 6.07) is 9.55. The Bertz CT molecular complexity index is 789. The second-order valence-electron chi connectivity index (χ2n) is 5.88. The number of hydrogen-bond donors (Lipinski definition) is 1. The molecular weight excluding hydrogens is 306 g/mol. The standard InChI is InChI=1S/C17H19N5O2/c1-23-14-5-3-13(4-6-14)15-20-16(24-21-15)17(7-10-18-11-8-17)22-12-2-9-19-22/h2-6,9,12,18H,7-8,10-11H2,1H3. The number of aromatic nitrogens is 4. The molecule has 0 amide bonds. The molecule has 0 unspecified atom stereocenters. The molecule has 2 aromatic heterocycles. The lowest BCUT2D eigenvalue weighted by molar-refractivity contribution is 0.172. The molecule has 1 aliphatic rings. The molecule has 7 nitrogen and oxygen atoms in total. The largest absolute Gasteiger partial charge is 0.497 e.